The fourth-order valence-corrected chi connectivity index (χ4v) is 4.56. The Morgan fingerprint density at radius 2 is 1.95 bits per heavy atom. The fourth-order valence-electron chi connectivity index (χ4n) is 3.13. The van der Waals surface area contributed by atoms with E-state index in [-0.39, 0.29) is 18.0 Å². The van der Waals surface area contributed by atoms with Crippen LogP contribution in [0.25, 0.3) is 0 Å². The average Bonchev–Trinajstić information content (AvgIpc) is 2.95. The summed E-state index contributed by atoms with van der Waals surface area (Å²) in [6, 6.07) is 1.44. The minimum absolute atomic E-state index is 0.0278. The molecule has 0 aliphatic carbocycles. The molecule has 3 heterocycles. The molecular formula is C14H20N2O5S. The van der Waals surface area contributed by atoms with Gasteiger partial charge >= 0.3 is 0 Å². The normalized spacial score (nSPS) is 21.1. The summed E-state index contributed by atoms with van der Waals surface area (Å²) >= 11 is 0. The lowest BCUT2D eigenvalue weighted by molar-refractivity contribution is 0.0125. The summed E-state index contributed by atoms with van der Waals surface area (Å²) in [5.41, 5.74) is 0.496. The Morgan fingerprint density at radius 3 is 2.50 bits per heavy atom. The quantitative estimate of drug-likeness (QED) is 0.806. The van der Waals surface area contributed by atoms with Crippen LogP contribution in [-0.2, 0) is 14.8 Å². The van der Waals surface area contributed by atoms with Gasteiger partial charge in [-0.05, 0) is 18.9 Å². The second-order valence-electron chi connectivity index (χ2n) is 5.81. The number of ether oxygens (including phenoxy) is 1. The maximum Gasteiger partial charge on any atom is 0.257 e. The summed E-state index contributed by atoms with van der Waals surface area (Å²) in [6.07, 6.45) is 5.51. The van der Waals surface area contributed by atoms with Gasteiger partial charge < -0.3 is 14.1 Å². The van der Waals surface area contributed by atoms with E-state index in [0.717, 1.165) is 0 Å². The molecule has 0 radical (unpaired) electrons. The maximum absolute atomic E-state index is 12.2. The van der Waals surface area contributed by atoms with Crippen LogP contribution >= 0.6 is 0 Å². The third-order valence-corrected chi connectivity index (χ3v) is 5.57. The predicted octanol–water partition coefficient (Wildman–Crippen LogP) is 0.545. The number of carbonyl (C=O) groups is 1. The molecule has 7 nitrogen and oxygen atoms in total. The van der Waals surface area contributed by atoms with Crippen molar-refractivity contribution >= 4 is 15.9 Å². The minimum atomic E-state index is -3.31. The van der Waals surface area contributed by atoms with Crippen molar-refractivity contribution in [1.29, 1.82) is 0 Å². The predicted molar refractivity (Wildman–Crippen MR) is 78.9 cm³/mol. The van der Waals surface area contributed by atoms with Gasteiger partial charge in [0.05, 0.1) is 24.1 Å². The van der Waals surface area contributed by atoms with Gasteiger partial charge in [0.1, 0.15) is 6.26 Å². The molecule has 0 aromatic carbocycles. The van der Waals surface area contributed by atoms with E-state index in [4.69, 9.17) is 9.15 Å². The van der Waals surface area contributed by atoms with Crippen molar-refractivity contribution in [3.63, 3.8) is 0 Å². The van der Waals surface area contributed by atoms with Gasteiger partial charge in [-0.15, -0.1) is 0 Å². The van der Waals surface area contributed by atoms with Crippen molar-refractivity contribution in [1.82, 2.24) is 9.21 Å². The fraction of sp³-hybridized carbons (Fsp3) is 0.643. The van der Waals surface area contributed by atoms with E-state index in [2.05, 4.69) is 0 Å². The molecule has 2 aliphatic heterocycles. The summed E-state index contributed by atoms with van der Waals surface area (Å²) < 4.78 is 36.1. The second-order valence-corrected chi connectivity index (χ2v) is 7.70. The van der Waals surface area contributed by atoms with E-state index < -0.39 is 10.0 Å². The molecule has 0 bridgehead atoms. The highest BCUT2D eigenvalue weighted by Crippen LogP contribution is 2.26. The van der Waals surface area contributed by atoms with Gasteiger partial charge in [0.2, 0.25) is 10.0 Å². The molecule has 0 N–H and O–H groups in total. The van der Waals surface area contributed by atoms with E-state index in [1.54, 1.807) is 15.3 Å². The number of rotatable bonds is 4. The Morgan fingerprint density at radius 1 is 1.27 bits per heavy atom. The van der Waals surface area contributed by atoms with Gasteiger partial charge in [0.15, 0.2) is 0 Å². The molecule has 0 saturated carbocycles. The molecule has 1 amide bonds. The summed E-state index contributed by atoms with van der Waals surface area (Å²) in [4.78, 5) is 13.8. The van der Waals surface area contributed by atoms with Crippen molar-refractivity contribution in [2.24, 2.45) is 0 Å². The lowest BCUT2D eigenvalue weighted by atomic mass is 10.0. The Kier molecular flexibility index (Phi) is 4.24. The molecule has 0 atom stereocenters. The first-order valence-electron chi connectivity index (χ1n) is 7.34. The molecule has 0 spiro atoms. The molecule has 3 rings (SSSR count). The first kappa shape index (κ1) is 15.5. The van der Waals surface area contributed by atoms with Gasteiger partial charge in [0.25, 0.3) is 5.91 Å². The van der Waals surface area contributed by atoms with Gasteiger partial charge in [-0.3, -0.25) is 4.79 Å². The first-order valence-corrected chi connectivity index (χ1v) is 9.19. The molecule has 2 fully saturated rings. The average molecular weight is 328 g/mol. The van der Waals surface area contributed by atoms with E-state index in [0.29, 0.717) is 44.7 Å². The molecule has 122 valence electrons. The topological polar surface area (TPSA) is 80.1 Å². The molecule has 8 heteroatoms. The number of furan rings is 1. The van der Waals surface area contributed by atoms with Crippen LogP contribution in [0.1, 0.15) is 23.2 Å². The van der Waals surface area contributed by atoms with Crippen LogP contribution in [0.15, 0.2) is 23.0 Å². The zero-order valence-electron chi connectivity index (χ0n) is 12.5. The number of carbonyl (C=O) groups excluding carboxylic acids is 1. The number of hydrogen-bond acceptors (Lipinski definition) is 5. The van der Waals surface area contributed by atoms with Crippen molar-refractivity contribution < 1.29 is 22.4 Å². The van der Waals surface area contributed by atoms with Crippen LogP contribution in [0.3, 0.4) is 0 Å². The van der Waals surface area contributed by atoms with Crippen LogP contribution in [0.5, 0.6) is 0 Å². The Hall–Kier alpha value is -1.38. The van der Waals surface area contributed by atoms with E-state index >= 15 is 0 Å². The van der Waals surface area contributed by atoms with E-state index in [9.17, 15) is 13.2 Å². The highest BCUT2D eigenvalue weighted by molar-refractivity contribution is 7.88. The van der Waals surface area contributed by atoms with Crippen molar-refractivity contribution in [3.8, 4) is 0 Å². The molecule has 2 aliphatic rings. The van der Waals surface area contributed by atoms with Crippen LogP contribution in [0.2, 0.25) is 0 Å². The molecule has 0 unspecified atom stereocenters. The summed E-state index contributed by atoms with van der Waals surface area (Å²) in [5, 5.41) is 0. The Bertz CT molecular complexity index is 616. The number of nitrogens with zero attached hydrogens (tertiary/aromatic N) is 2. The number of sulfonamides is 1. The maximum atomic E-state index is 12.2. The van der Waals surface area contributed by atoms with Crippen LogP contribution in [0.4, 0.5) is 0 Å². The number of amides is 1. The second kappa shape index (κ2) is 6.02. The SMILES string of the molecule is CS(=O)(=O)N(C1CCOCC1)C1CN(C(=O)c2ccoc2)C1. The first-order chi connectivity index (χ1) is 10.5. The van der Waals surface area contributed by atoms with Crippen molar-refractivity contribution in [2.45, 2.75) is 24.9 Å². The highest BCUT2D eigenvalue weighted by atomic mass is 32.2. The lowest BCUT2D eigenvalue weighted by Gasteiger charge is -2.47. The Labute approximate surface area is 129 Å². The van der Waals surface area contributed by atoms with Gasteiger partial charge in [0, 0.05) is 32.3 Å². The zero-order valence-corrected chi connectivity index (χ0v) is 13.3. The van der Waals surface area contributed by atoms with Crippen molar-refractivity contribution in [3.05, 3.63) is 24.2 Å². The number of likely N-dealkylation sites (tertiary alicyclic amines) is 1. The minimum Gasteiger partial charge on any atom is -0.472 e. The largest absolute Gasteiger partial charge is 0.472 e. The summed E-state index contributed by atoms with van der Waals surface area (Å²) in [7, 11) is -3.31. The smallest absolute Gasteiger partial charge is 0.257 e. The monoisotopic (exact) mass is 328 g/mol. The van der Waals surface area contributed by atoms with E-state index in [1.165, 1.54) is 18.8 Å². The Balaban J connectivity index is 1.66. The third-order valence-electron chi connectivity index (χ3n) is 4.21. The van der Waals surface area contributed by atoms with E-state index in [1.807, 2.05) is 0 Å². The van der Waals surface area contributed by atoms with Gasteiger partial charge in [-0.1, -0.05) is 0 Å². The summed E-state index contributed by atoms with van der Waals surface area (Å²) in [5.74, 6) is -0.120. The highest BCUT2D eigenvalue weighted by Gasteiger charge is 2.42. The van der Waals surface area contributed by atoms with Crippen molar-refractivity contribution in [2.75, 3.05) is 32.6 Å². The van der Waals surface area contributed by atoms with Gasteiger partial charge in [-0.25, -0.2) is 8.42 Å². The molecule has 1 aromatic rings. The molecule has 2 saturated heterocycles. The molecular weight excluding hydrogens is 308 g/mol. The third kappa shape index (κ3) is 3.04. The van der Waals surface area contributed by atoms with Crippen LogP contribution in [0, 0.1) is 0 Å². The zero-order chi connectivity index (χ0) is 15.7. The number of hydrogen-bond donors (Lipinski definition) is 0. The molecule has 1 aromatic heterocycles. The standard InChI is InChI=1S/C14H20N2O5S/c1-22(18,19)16(12-3-6-20-7-4-12)13-8-15(9-13)14(17)11-2-5-21-10-11/h2,5,10,12-13H,3-4,6-9H2,1H3. The van der Waals surface area contributed by atoms with Gasteiger partial charge in [-0.2, -0.15) is 4.31 Å². The van der Waals surface area contributed by atoms with Crippen LogP contribution < -0.4 is 0 Å². The lowest BCUT2D eigenvalue weighted by Crippen LogP contribution is -2.64. The summed E-state index contributed by atoms with van der Waals surface area (Å²) in [6.45, 7) is 2.02. The van der Waals surface area contributed by atoms with Crippen LogP contribution in [-0.4, -0.2) is 68.2 Å². The molecule has 22 heavy (non-hydrogen) atoms.